The fourth-order valence-electron chi connectivity index (χ4n) is 3.75. The van der Waals surface area contributed by atoms with Crippen LogP contribution in [0.3, 0.4) is 0 Å². The van der Waals surface area contributed by atoms with Crippen molar-refractivity contribution in [1.82, 2.24) is 0 Å². The van der Waals surface area contributed by atoms with Crippen LogP contribution in [-0.4, -0.2) is 25.5 Å². The van der Waals surface area contributed by atoms with Gasteiger partial charge in [-0.15, -0.1) is 0 Å². The lowest BCUT2D eigenvalue weighted by molar-refractivity contribution is -0.138. The number of carboxylic acid groups (broad SMARTS) is 1. The van der Waals surface area contributed by atoms with Crippen molar-refractivity contribution in [2.24, 2.45) is 0 Å². The van der Waals surface area contributed by atoms with Gasteiger partial charge in [-0.2, -0.15) is 0 Å². The maximum absolute atomic E-state index is 11.3. The molecule has 0 aliphatic rings. The molecule has 3 nitrogen and oxygen atoms in total. The van der Waals surface area contributed by atoms with Crippen LogP contribution in [0, 0.1) is 0 Å². The minimum atomic E-state index is -2.03. The van der Waals surface area contributed by atoms with Crippen molar-refractivity contribution >= 4 is 14.3 Å². The van der Waals surface area contributed by atoms with E-state index in [0.717, 1.165) is 6.42 Å². The van der Waals surface area contributed by atoms with E-state index in [1.807, 2.05) is 0 Å². The zero-order chi connectivity index (χ0) is 18.0. The number of hydrogen-bond donors (Lipinski definition) is 1. The van der Waals surface area contributed by atoms with Gasteiger partial charge in [0.2, 0.25) is 8.32 Å². The predicted molar refractivity (Wildman–Crippen MR) is 101 cm³/mol. The molecular weight excluding hydrogens is 304 g/mol. The van der Waals surface area contributed by atoms with Crippen molar-refractivity contribution < 1.29 is 14.3 Å². The Balaban J connectivity index is 5.14. The van der Waals surface area contributed by atoms with E-state index in [4.69, 9.17) is 4.43 Å². The fraction of sp³-hybridized carbons (Fsp3) is 0.842. The molecule has 0 aromatic rings. The van der Waals surface area contributed by atoms with Crippen LogP contribution in [0.15, 0.2) is 12.2 Å². The SMILES string of the molecule is CCCC/C=C/CC(CC(=O)O)O[Si](C(C)C)(C(C)C)C(C)C. The molecule has 1 unspecified atom stereocenters. The van der Waals surface area contributed by atoms with Gasteiger partial charge in [0.25, 0.3) is 0 Å². The third-order valence-corrected chi connectivity index (χ3v) is 10.9. The highest BCUT2D eigenvalue weighted by Crippen LogP contribution is 2.43. The van der Waals surface area contributed by atoms with Crippen molar-refractivity contribution in [3.8, 4) is 0 Å². The maximum Gasteiger partial charge on any atom is 0.305 e. The Kier molecular flexibility index (Phi) is 10.7. The molecule has 0 amide bonds. The summed E-state index contributed by atoms with van der Waals surface area (Å²) in [6, 6.07) is 0. The second kappa shape index (κ2) is 11.0. The minimum Gasteiger partial charge on any atom is -0.481 e. The number of hydrogen-bond acceptors (Lipinski definition) is 2. The molecule has 1 atom stereocenters. The third-order valence-electron chi connectivity index (χ3n) is 4.77. The van der Waals surface area contributed by atoms with Gasteiger partial charge in [-0.1, -0.05) is 73.5 Å². The number of aliphatic carboxylic acids is 1. The lowest BCUT2D eigenvalue weighted by Crippen LogP contribution is -2.50. The summed E-state index contributed by atoms with van der Waals surface area (Å²) in [5, 5.41) is 9.25. The average molecular weight is 343 g/mol. The molecule has 0 saturated carbocycles. The van der Waals surface area contributed by atoms with Crippen LogP contribution in [0.2, 0.25) is 16.6 Å². The number of unbranched alkanes of at least 4 members (excludes halogenated alkanes) is 2. The van der Waals surface area contributed by atoms with Crippen LogP contribution in [0.4, 0.5) is 0 Å². The molecule has 4 heteroatoms. The Hall–Kier alpha value is -0.613. The Morgan fingerprint density at radius 3 is 1.96 bits per heavy atom. The van der Waals surface area contributed by atoms with Gasteiger partial charge in [0.15, 0.2) is 0 Å². The molecular formula is C19H38O3Si. The third kappa shape index (κ3) is 7.21. The summed E-state index contributed by atoms with van der Waals surface area (Å²) in [4.78, 5) is 11.3. The molecule has 0 saturated heterocycles. The Bertz CT molecular complexity index is 340. The quantitative estimate of drug-likeness (QED) is 0.262. The van der Waals surface area contributed by atoms with E-state index in [1.165, 1.54) is 12.8 Å². The Morgan fingerprint density at radius 1 is 1.04 bits per heavy atom. The molecule has 136 valence electrons. The first-order chi connectivity index (χ1) is 10.7. The van der Waals surface area contributed by atoms with Gasteiger partial charge in [0, 0.05) is 0 Å². The molecule has 0 aromatic heterocycles. The fourth-order valence-corrected chi connectivity index (χ4v) is 9.33. The highest BCUT2D eigenvalue weighted by molar-refractivity contribution is 6.77. The summed E-state index contributed by atoms with van der Waals surface area (Å²) in [7, 11) is -2.03. The number of carboxylic acids is 1. The number of carbonyl (C=O) groups is 1. The normalized spacial score (nSPS) is 14.3. The van der Waals surface area contributed by atoms with Gasteiger partial charge in [-0.05, 0) is 29.5 Å². The number of allylic oxidation sites excluding steroid dienone is 1. The zero-order valence-corrected chi connectivity index (χ0v) is 17.3. The van der Waals surface area contributed by atoms with Crippen LogP contribution in [0.25, 0.3) is 0 Å². The van der Waals surface area contributed by atoms with Crippen molar-refractivity contribution in [2.75, 3.05) is 0 Å². The minimum absolute atomic E-state index is 0.0963. The molecule has 0 spiro atoms. The molecule has 0 heterocycles. The molecule has 0 bridgehead atoms. The molecule has 0 aromatic carbocycles. The predicted octanol–water partition coefficient (Wildman–Crippen LogP) is 6.16. The summed E-state index contributed by atoms with van der Waals surface area (Å²) in [5.41, 5.74) is 1.42. The van der Waals surface area contributed by atoms with Crippen molar-refractivity contribution in [2.45, 2.75) is 103 Å². The van der Waals surface area contributed by atoms with Gasteiger partial charge >= 0.3 is 5.97 Å². The summed E-state index contributed by atoms with van der Waals surface area (Å²) in [6.45, 7) is 15.6. The molecule has 0 fully saturated rings. The summed E-state index contributed by atoms with van der Waals surface area (Å²) < 4.78 is 6.65. The van der Waals surface area contributed by atoms with E-state index in [2.05, 4.69) is 60.6 Å². The van der Waals surface area contributed by atoms with Crippen LogP contribution in [0.1, 0.15) is 80.6 Å². The van der Waals surface area contributed by atoms with E-state index in [-0.39, 0.29) is 12.5 Å². The van der Waals surface area contributed by atoms with E-state index in [9.17, 15) is 9.90 Å². The van der Waals surface area contributed by atoms with Crippen LogP contribution >= 0.6 is 0 Å². The van der Waals surface area contributed by atoms with Crippen LogP contribution in [-0.2, 0) is 9.22 Å². The molecule has 23 heavy (non-hydrogen) atoms. The monoisotopic (exact) mass is 342 g/mol. The first-order valence-electron chi connectivity index (χ1n) is 9.22. The second-order valence-corrected chi connectivity index (χ2v) is 12.9. The highest BCUT2D eigenvalue weighted by Gasteiger charge is 2.46. The summed E-state index contributed by atoms with van der Waals surface area (Å²) >= 11 is 0. The summed E-state index contributed by atoms with van der Waals surface area (Å²) in [5.74, 6) is -0.767. The maximum atomic E-state index is 11.3. The van der Waals surface area contributed by atoms with Gasteiger partial charge in [-0.25, -0.2) is 0 Å². The number of rotatable bonds is 12. The van der Waals surface area contributed by atoms with Crippen LogP contribution in [0.5, 0.6) is 0 Å². The highest BCUT2D eigenvalue weighted by atomic mass is 28.4. The Labute approximate surface area is 144 Å². The Morgan fingerprint density at radius 2 is 1.57 bits per heavy atom. The average Bonchev–Trinajstić information content (AvgIpc) is 2.42. The lowest BCUT2D eigenvalue weighted by Gasteiger charge is -2.44. The van der Waals surface area contributed by atoms with Gasteiger partial charge in [0.1, 0.15) is 0 Å². The molecule has 0 aliphatic heterocycles. The lowest BCUT2D eigenvalue weighted by atomic mass is 10.1. The van der Waals surface area contributed by atoms with Gasteiger partial charge in [-0.3, -0.25) is 4.79 Å². The summed E-state index contributed by atoms with van der Waals surface area (Å²) in [6.07, 6.45) is 8.32. The van der Waals surface area contributed by atoms with Crippen molar-refractivity contribution in [3.63, 3.8) is 0 Å². The van der Waals surface area contributed by atoms with Crippen molar-refractivity contribution in [1.29, 1.82) is 0 Å². The van der Waals surface area contributed by atoms with E-state index < -0.39 is 14.3 Å². The standard InChI is InChI=1S/C19H38O3Si/c1-8-9-10-11-12-13-18(14-19(20)21)22-23(15(2)3,16(4)5)17(6)7/h11-12,15-18H,8-10,13-14H2,1-7H3,(H,20,21)/b12-11+. The van der Waals surface area contributed by atoms with Gasteiger partial charge < -0.3 is 9.53 Å². The van der Waals surface area contributed by atoms with Crippen LogP contribution < -0.4 is 0 Å². The molecule has 0 aliphatic carbocycles. The van der Waals surface area contributed by atoms with Crippen molar-refractivity contribution in [3.05, 3.63) is 12.2 Å². The van der Waals surface area contributed by atoms with Gasteiger partial charge in [0.05, 0.1) is 12.5 Å². The molecule has 0 radical (unpaired) electrons. The molecule has 0 rings (SSSR count). The largest absolute Gasteiger partial charge is 0.481 e. The smallest absolute Gasteiger partial charge is 0.305 e. The molecule has 1 N–H and O–H groups in total. The van der Waals surface area contributed by atoms with E-state index in [0.29, 0.717) is 23.0 Å². The first-order valence-corrected chi connectivity index (χ1v) is 11.4. The second-order valence-electron chi connectivity index (χ2n) is 7.50. The van der Waals surface area contributed by atoms with E-state index >= 15 is 0 Å². The zero-order valence-electron chi connectivity index (χ0n) is 16.3. The van der Waals surface area contributed by atoms with E-state index in [1.54, 1.807) is 0 Å². The topological polar surface area (TPSA) is 46.5 Å². The first kappa shape index (κ1) is 22.4.